The second-order valence-electron chi connectivity index (χ2n) is 5.51. The van der Waals surface area contributed by atoms with Gasteiger partial charge in [-0.3, -0.25) is 9.69 Å². The normalized spacial score (nSPS) is 17.6. The molecule has 1 aliphatic carbocycles. The molecule has 0 spiro atoms. The molecule has 0 aliphatic heterocycles. The number of carbonyl (C=O) groups excluding carboxylic acids is 1. The summed E-state index contributed by atoms with van der Waals surface area (Å²) in [4.78, 5) is 15.2. The number of hydrogen-bond acceptors (Lipinski definition) is 4. The molecule has 1 N–H and O–H groups in total. The Morgan fingerprint density at radius 3 is 2.85 bits per heavy atom. The van der Waals surface area contributed by atoms with Crippen LogP contribution in [0.2, 0.25) is 0 Å². The number of nitrogens with zero attached hydrogens (tertiary/aromatic N) is 2. The highest BCUT2D eigenvalue weighted by Crippen LogP contribution is 2.39. The second kappa shape index (κ2) is 6.25. The van der Waals surface area contributed by atoms with Crippen molar-refractivity contribution < 1.29 is 4.79 Å². The Balaban J connectivity index is 1.83. The standard InChI is InChI=1S/C14H18BrN3OS/c1-14(9-16,10-3-4-10)17-13(19)8-18(2)7-11-5-6-12(15)20-11/h5-6,10H,3-4,7-8H2,1-2H3,(H,17,19)/t14-/m1/s1. The lowest BCUT2D eigenvalue weighted by Crippen LogP contribution is -2.49. The molecule has 0 aromatic carbocycles. The number of hydrogen-bond donors (Lipinski definition) is 1. The summed E-state index contributed by atoms with van der Waals surface area (Å²) in [5.41, 5.74) is -0.704. The van der Waals surface area contributed by atoms with Gasteiger partial charge in [-0.1, -0.05) is 0 Å². The minimum atomic E-state index is -0.704. The van der Waals surface area contributed by atoms with Gasteiger partial charge in [-0.25, -0.2) is 0 Å². The van der Waals surface area contributed by atoms with Crippen LogP contribution >= 0.6 is 27.3 Å². The van der Waals surface area contributed by atoms with Crippen LogP contribution in [0.1, 0.15) is 24.6 Å². The number of carbonyl (C=O) groups is 1. The van der Waals surface area contributed by atoms with Crippen molar-refractivity contribution in [3.8, 4) is 6.07 Å². The van der Waals surface area contributed by atoms with Crippen LogP contribution < -0.4 is 5.32 Å². The SMILES string of the molecule is CN(CC(=O)N[C@](C)(C#N)C1CC1)Cc1ccc(Br)s1. The van der Waals surface area contributed by atoms with Gasteiger partial charge in [0, 0.05) is 11.4 Å². The highest BCUT2D eigenvalue weighted by atomic mass is 79.9. The predicted molar refractivity (Wildman–Crippen MR) is 83.2 cm³/mol. The minimum absolute atomic E-state index is 0.0842. The first-order valence-electron chi connectivity index (χ1n) is 6.58. The molecule has 0 bridgehead atoms. The smallest absolute Gasteiger partial charge is 0.235 e. The lowest BCUT2D eigenvalue weighted by atomic mass is 9.98. The monoisotopic (exact) mass is 355 g/mol. The van der Waals surface area contributed by atoms with Gasteiger partial charge < -0.3 is 5.32 Å². The van der Waals surface area contributed by atoms with Crippen LogP contribution in [-0.4, -0.2) is 29.9 Å². The number of nitriles is 1. The number of rotatable bonds is 6. The number of nitrogens with one attached hydrogen (secondary N) is 1. The van der Waals surface area contributed by atoms with Gasteiger partial charge in [0.25, 0.3) is 0 Å². The summed E-state index contributed by atoms with van der Waals surface area (Å²) in [6.45, 7) is 2.86. The molecule has 4 nitrogen and oxygen atoms in total. The van der Waals surface area contributed by atoms with E-state index in [-0.39, 0.29) is 5.91 Å². The molecule has 6 heteroatoms. The fraction of sp³-hybridized carbons (Fsp3) is 0.571. The molecule has 0 saturated heterocycles. The molecule has 108 valence electrons. The van der Waals surface area contributed by atoms with E-state index in [1.807, 2.05) is 31.0 Å². The Morgan fingerprint density at radius 2 is 2.35 bits per heavy atom. The molecular formula is C14H18BrN3OS. The Kier molecular flexibility index (Phi) is 4.84. The van der Waals surface area contributed by atoms with Gasteiger partial charge in [0.15, 0.2) is 0 Å². The van der Waals surface area contributed by atoms with Crippen molar-refractivity contribution in [2.75, 3.05) is 13.6 Å². The van der Waals surface area contributed by atoms with Crippen LogP contribution in [0, 0.1) is 17.2 Å². The third-order valence-corrected chi connectivity index (χ3v) is 5.10. The molecule has 1 amide bonds. The highest BCUT2D eigenvalue weighted by Gasteiger charge is 2.42. The minimum Gasteiger partial charge on any atom is -0.337 e. The molecule has 1 aromatic rings. The Labute approximate surface area is 131 Å². The molecule has 2 rings (SSSR count). The molecule has 1 heterocycles. The first-order chi connectivity index (χ1) is 9.43. The van der Waals surface area contributed by atoms with Crippen LogP contribution in [0.4, 0.5) is 0 Å². The van der Waals surface area contributed by atoms with E-state index in [2.05, 4.69) is 27.3 Å². The van der Waals surface area contributed by atoms with E-state index in [1.54, 1.807) is 11.3 Å². The third kappa shape index (κ3) is 4.05. The fourth-order valence-corrected chi connectivity index (χ4v) is 3.78. The van der Waals surface area contributed by atoms with Crippen LogP contribution in [0.5, 0.6) is 0 Å². The number of amides is 1. The molecule has 1 aromatic heterocycles. The van der Waals surface area contributed by atoms with E-state index in [9.17, 15) is 10.1 Å². The van der Waals surface area contributed by atoms with E-state index >= 15 is 0 Å². The van der Waals surface area contributed by atoms with Crippen molar-refractivity contribution in [2.24, 2.45) is 5.92 Å². The zero-order chi connectivity index (χ0) is 14.8. The third-order valence-electron chi connectivity index (χ3n) is 3.49. The summed E-state index contributed by atoms with van der Waals surface area (Å²) in [5, 5.41) is 12.1. The summed E-state index contributed by atoms with van der Waals surface area (Å²) in [7, 11) is 1.91. The van der Waals surface area contributed by atoms with E-state index in [1.165, 1.54) is 4.88 Å². The average molecular weight is 356 g/mol. The lowest BCUT2D eigenvalue weighted by Gasteiger charge is -2.24. The number of thiophene rings is 1. The first kappa shape index (κ1) is 15.5. The first-order valence-corrected chi connectivity index (χ1v) is 8.19. The second-order valence-corrected chi connectivity index (χ2v) is 8.06. The topological polar surface area (TPSA) is 56.1 Å². The molecule has 20 heavy (non-hydrogen) atoms. The van der Waals surface area contributed by atoms with Crippen LogP contribution in [0.25, 0.3) is 0 Å². The summed E-state index contributed by atoms with van der Waals surface area (Å²) in [6, 6.07) is 6.30. The van der Waals surface area contributed by atoms with Gasteiger partial charge in [-0.15, -0.1) is 11.3 Å². The zero-order valence-corrected chi connectivity index (χ0v) is 14.1. The van der Waals surface area contributed by atoms with Crippen LogP contribution in [0.3, 0.4) is 0 Å². The molecule has 1 fully saturated rings. The average Bonchev–Trinajstić information content (AvgIpc) is 3.14. The quantitative estimate of drug-likeness (QED) is 0.853. The zero-order valence-electron chi connectivity index (χ0n) is 11.6. The Hall–Kier alpha value is -0.900. The van der Waals surface area contributed by atoms with Crippen LogP contribution in [0.15, 0.2) is 15.9 Å². The van der Waals surface area contributed by atoms with Crippen molar-refractivity contribution in [2.45, 2.75) is 31.8 Å². The van der Waals surface area contributed by atoms with Crippen molar-refractivity contribution in [1.82, 2.24) is 10.2 Å². The van der Waals surface area contributed by atoms with Crippen molar-refractivity contribution in [1.29, 1.82) is 5.26 Å². The van der Waals surface area contributed by atoms with Gasteiger partial charge >= 0.3 is 0 Å². The van der Waals surface area contributed by atoms with Gasteiger partial charge in [-0.2, -0.15) is 5.26 Å². The van der Waals surface area contributed by atoms with E-state index in [0.717, 1.165) is 23.2 Å². The summed E-state index contributed by atoms with van der Waals surface area (Å²) < 4.78 is 1.09. The highest BCUT2D eigenvalue weighted by molar-refractivity contribution is 9.11. The number of likely N-dealkylation sites (N-methyl/N-ethyl adjacent to an activating group) is 1. The maximum atomic E-state index is 12.0. The van der Waals surface area contributed by atoms with E-state index in [0.29, 0.717) is 12.5 Å². The van der Waals surface area contributed by atoms with Crippen molar-refractivity contribution in [3.63, 3.8) is 0 Å². The molecular weight excluding hydrogens is 338 g/mol. The lowest BCUT2D eigenvalue weighted by molar-refractivity contribution is -0.123. The molecule has 0 unspecified atom stereocenters. The van der Waals surface area contributed by atoms with E-state index in [4.69, 9.17) is 0 Å². The maximum absolute atomic E-state index is 12.0. The van der Waals surface area contributed by atoms with Crippen molar-refractivity contribution >= 4 is 33.2 Å². The Bertz CT molecular complexity index is 535. The van der Waals surface area contributed by atoms with Crippen molar-refractivity contribution in [3.05, 3.63) is 20.8 Å². The van der Waals surface area contributed by atoms with Gasteiger partial charge in [0.1, 0.15) is 5.54 Å². The summed E-state index contributed by atoms with van der Waals surface area (Å²) >= 11 is 5.10. The largest absolute Gasteiger partial charge is 0.337 e. The Morgan fingerprint density at radius 1 is 1.65 bits per heavy atom. The predicted octanol–water partition coefficient (Wildman–Crippen LogP) is 2.75. The molecule has 1 atom stereocenters. The van der Waals surface area contributed by atoms with Gasteiger partial charge in [0.2, 0.25) is 5.91 Å². The molecule has 0 radical (unpaired) electrons. The summed E-state index contributed by atoms with van der Waals surface area (Å²) in [5.74, 6) is 0.231. The van der Waals surface area contributed by atoms with Crippen LogP contribution in [-0.2, 0) is 11.3 Å². The summed E-state index contributed by atoms with van der Waals surface area (Å²) in [6.07, 6.45) is 2.06. The fourth-order valence-electron chi connectivity index (χ4n) is 2.21. The maximum Gasteiger partial charge on any atom is 0.235 e. The molecule has 1 saturated carbocycles. The van der Waals surface area contributed by atoms with E-state index < -0.39 is 5.54 Å². The number of halogens is 1. The van der Waals surface area contributed by atoms with Gasteiger partial charge in [0.05, 0.1) is 16.4 Å². The molecule has 1 aliphatic rings. The van der Waals surface area contributed by atoms with Gasteiger partial charge in [-0.05, 0) is 60.8 Å².